The average molecular weight is 243 g/mol. The van der Waals surface area contributed by atoms with Gasteiger partial charge < -0.3 is 15.6 Å². The molecular formula is C14H17N3O. The van der Waals surface area contributed by atoms with Crippen molar-refractivity contribution in [3.63, 3.8) is 0 Å². The lowest BCUT2D eigenvalue weighted by Crippen LogP contribution is -2.16. The van der Waals surface area contributed by atoms with Crippen LogP contribution < -0.4 is 11.1 Å². The number of amides is 1. The molecule has 0 fully saturated rings. The van der Waals surface area contributed by atoms with Gasteiger partial charge in [-0.3, -0.25) is 4.79 Å². The molecule has 0 aliphatic rings. The van der Waals surface area contributed by atoms with Gasteiger partial charge >= 0.3 is 0 Å². The van der Waals surface area contributed by atoms with Crippen LogP contribution in [-0.4, -0.2) is 10.5 Å². The molecule has 3 N–H and O–H groups in total. The van der Waals surface area contributed by atoms with Crippen molar-refractivity contribution in [3.8, 4) is 0 Å². The van der Waals surface area contributed by atoms with E-state index < -0.39 is 0 Å². The first-order chi connectivity index (χ1) is 8.47. The summed E-state index contributed by atoms with van der Waals surface area (Å²) in [6.45, 7) is 4.00. The number of nitrogen functional groups attached to an aromatic ring is 1. The van der Waals surface area contributed by atoms with Gasteiger partial charge in [0.2, 0.25) is 0 Å². The topological polar surface area (TPSA) is 60.1 Å². The summed E-state index contributed by atoms with van der Waals surface area (Å²) in [6.07, 6.45) is 1.72. The lowest BCUT2D eigenvalue weighted by molar-refractivity contribution is 0.101. The van der Waals surface area contributed by atoms with Crippen LogP contribution in [0.3, 0.4) is 0 Å². The number of nitrogens with one attached hydrogen (secondary N) is 1. The van der Waals surface area contributed by atoms with Gasteiger partial charge in [0.15, 0.2) is 0 Å². The van der Waals surface area contributed by atoms with Crippen LogP contribution in [0.1, 0.15) is 21.6 Å². The lowest BCUT2D eigenvalue weighted by atomic mass is 10.1. The number of aryl methyl sites for hydroxylation is 3. The minimum absolute atomic E-state index is 0.152. The van der Waals surface area contributed by atoms with E-state index in [2.05, 4.69) is 5.32 Å². The molecule has 0 radical (unpaired) electrons. The average Bonchev–Trinajstić information content (AvgIpc) is 2.62. The zero-order valence-corrected chi connectivity index (χ0v) is 10.8. The highest BCUT2D eigenvalue weighted by Gasteiger charge is 2.11. The molecule has 2 aromatic rings. The van der Waals surface area contributed by atoms with E-state index in [0.717, 1.165) is 11.3 Å². The standard InChI is InChI=1S/C14H17N3O/c1-9-4-5-12(10(2)6-9)16-14(18)13-7-11(15)8-17(13)3/h4-8H,15H2,1-3H3,(H,16,18). The summed E-state index contributed by atoms with van der Waals surface area (Å²) < 4.78 is 1.72. The van der Waals surface area contributed by atoms with Gasteiger partial charge in [-0.05, 0) is 31.5 Å². The number of anilines is 2. The third-order valence-corrected chi connectivity index (χ3v) is 2.89. The summed E-state index contributed by atoms with van der Waals surface area (Å²) in [5.41, 5.74) is 9.84. The Balaban J connectivity index is 2.24. The van der Waals surface area contributed by atoms with Crippen molar-refractivity contribution in [1.82, 2.24) is 4.57 Å². The molecule has 18 heavy (non-hydrogen) atoms. The fourth-order valence-corrected chi connectivity index (χ4v) is 1.96. The molecule has 94 valence electrons. The minimum atomic E-state index is -0.152. The summed E-state index contributed by atoms with van der Waals surface area (Å²) in [4.78, 5) is 12.1. The molecule has 4 heteroatoms. The monoisotopic (exact) mass is 243 g/mol. The molecule has 0 atom stereocenters. The van der Waals surface area contributed by atoms with Crippen molar-refractivity contribution < 1.29 is 4.79 Å². The first kappa shape index (κ1) is 12.2. The first-order valence-electron chi connectivity index (χ1n) is 5.78. The molecule has 0 aliphatic heterocycles. The molecule has 4 nitrogen and oxygen atoms in total. The van der Waals surface area contributed by atoms with Crippen molar-refractivity contribution >= 4 is 17.3 Å². The highest BCUT2D eigenvalue weighted by molar-refractivity contribution is 6.04. The van der Waals surface area contributed by atoms with Crippen LogP contribution in [0, 0.1) is 13.8 Å². The molecule has 0 spiro atoms. The Hall–Kier alpha value is -2.23. The highest BCUT2D eigenvalue weighted by atomic mass is 16.1. The second-order valence-electron chi connectivity index (χ2n) is 4.54. The Labute approximate surface area is 106 Å². The smallest absolute Gasteiger partial charge is 0.272 e. The van der Waals surface area contributed by atoms with E-state index >= 15 is 0 Å². The molecule has 1 aromatic carbocycles. The molecule has 1 aromatic heterocycles. The van der Waals surface area contributed by atoms with Crippen LogP contribution in [0.25, 0.3) is 0 Å². The summed E-state index contributed by atoms with van der Waals surface area (Å²) >= 11 is 0. The van der Waals surface area contributed by atoms with E-state index in [1.54, 1.807) is 23.9 Å². The lowest BCUT2D eigenvalue weighted by Gasteiger charge is -2.09. The van der Waals surface area contributed by atoms with E-state index in [1.165, 1.54) is 5.56 Å². The van der Waals surface area contributed by atoms with Crippen LogP contribution >= 0.6 is 0 Å². The van der Waals surface area contributed by atoms with Crippen LogP contribution in [0.2, 0.25) is 0 Å². The molecule has 0 saturated carbocycles. The SMILES string of the molecule is Cc1ccc(NC(=O)c2cc(N)cn2C)c(C)c1. The molecule has 1 heterocycles. The highest BCUT2D eigenvalue weighted by Crippen LogP contribution is 2.18. The largest absolute Gasteiger partial charge is 0.397 e. The van der Waals surface area contributed by atoms with Crippen LogP contribution in [0.5, 0.6) is 0 Å². The molecule has 0 aliphatic carbocycles. The zero-order chi connectivity index (χ0) is 13.3. The van der Waals surface area contributed by atoms with Crippen molar-refractivity contribution in [1.29, 1.82) is 0 Å². The number of aromatic nitrogens is 1. The molecule has 1 amide bonds. The van der Waals surface area contributed by atoms with Gasteiger partial charge in [0, 0.05) is 18.9 Å². The Morgan fingerprint density at radius 1 is 1.28 bits per heavy atom. The van der Waals surface area contributed by atoms with E-state index in [4.69, 9.17) is 5.73 Å². The molecule has 0 bridgehead atoms. The zero-order valence-electron chi connectivity index (χ0n) is 10.8. The third kappa shape index (κ3) is 2.37. The number of rotatable bonds is 2. The summed E-state index contributed by atoms with van der Waals surface area (Å²) in [5.74, 6) is -0.152. The van der Waals surface area contributed by atoms with Gasteiger partial charge in [-0.2, -0.15) is 0 Å². The second-order valence-corrected chi connectivity index (χ2v) is 4.54. The molecule has 0 saturated heterocycles. The van der Waals surface area contributed by atoms with Crippen molar-refractivity contribution in [2.75, 3.05) is 11.1 Å². The number of hydrogen-bond donors (Lipinski definition) is 2. The van der Waals surface area contributed by atoms with Gasteiger partial charge in [0.25, 0.3) is 5.91 Å². The number of nitrogens with two attached hydrogens (primary N) is 1. The first-order valence-corrected chi connectivity index (χ1v) is 5.78. The Kier molecular flexibility index (Phi) is 3.10. The second kappa shape index (κ2) is 4.56. The van der Waals surface area contributed by atoms with E-state index in [1.807, 2.05) is 32.0 Å². The fraction of sp³-hybridized carbons (Fsp3) is 0.214. The maximum atomic E-state index is 12.1. The maximum Gasteiger partial charge on any atom is 0.272 e. The quantitative estimate of drug-likeness (QED) is 0.851. The van der Waals surface area contributed by atoms with Gasteiger partial charge in [-0.25, -0.2) is 0 Å². The summed E-state index contributed by atoms with van der Waals surface area (Å²) in [7, 11) is 1.80. The molecular weight excluding hydrogens is 226 g/mol. The van der Waals surface area contributed by atoms with E-state index in [9.17, 15) is 4.79 Å². The van der Waals surface area contributed by atoms with Crippen LogP contribution in [-0.2, 0) is 7.05 Å². The number of benzene rings is 1. The molecule has 2 rings (SSSR count). The number of nitrogens with zero attached hydrogens (tertiary/aromatic N) is 1. The number of carbonyl (C=O) groups is 1. The summed E-state index contributed by atoms with van der Waals surface area (Å²) in [5, 5.41) is 2.89. The number of carbonyl (C=O) groups excluding carboxylic acids is 1. The van der Waals surface area contributed by atoms with Crippen LogP contribution in [0.15, 0.2) is 30.5 Å². The van der Waals surface area contributed by atoms with Gasteiger partial charge in [-0.15, -0.1) is 0 Å². The minimum Gasteiger partial charge on any atom is -0.397 e. The van der Waals surface area contributed by atoms with Crippen LogP contribution in [0.4, 0.5) is 11.4 Å². The van der Waals surface area contributed by atoms with E-state index in [0.29, 0.717) is 11.4 Å². The third-order valence-electron chi connectivity index (χ3n) is 2.89. The van der Waals surface area contributed by atoms with E-state index in [-0.39, 0.29) is 5.91 Å². The predicted molar refractivity (Wildman–Crippen MR) is 73.7 cm³/mol. The van der Waals surface area contributed by atoms with Crippen molar-refractivity contribution in [2.45, 2.75) is 13.8 Å². The summed E-state index contributed by atoms with van der Waals surface area (Å²) in [6, 6.07) is 7.59. The van der Waals surface area contributed by atoms with Gasteiger partial charge in [0.1, 0.15) is 5.69 Å². The Bertz CT molecular complexity index is 599. The van der Waals surface area contributed by atoms with Crippen molar-refractivity contribution in [3.05, 3.63) is 47.3 Å². The molecule has 0 unspecified atom stereocenters. The fourth-order valence-electron chi connectivity index (χ4n) is 1.96. The normalized spacial score (nSPS) is 10.4. The van der Waals surface area contributed by atoms with Gasteiger partial charge in [-0.1, -0.05) is 17.7 Å². The van der Waals surface area contributed by atoms with Gasteiger partial charge in [0.05, 0.1) is 5.69 Å². The Morgan fingerprint density at radius 3 is 2.56 bits per heavy atom. The maximum absolute atomic E-state index is 12.1. The Morgan fingerprint density at radius 2 is 2.00 bits per heavy atom. The number of hydrogen-bond acceptors (Lipinski definition) is 2. The van der Waals surface area contributed by atoms with Crippen molar-refractivity contribution in [2.24, 2.45) is 7.05 Å². The predicted octanol–water partition coefficient (Wildman–Crippen LogP) is 2.48.